The summed E-state index contributed by atoms with van der Waals surface area (Å²) < 4.78 is 0. The van der Waals surface area contributed by atoms with Crippen molar-refractivity contribution in [1.82, 2.24) is 0 Å². The van der Waals surface area contributed by atoms with Gasteiger partial charge in [-0.2, -0.15) is 22.2 Å². The van der Waals surface area contributed by atoms with Gasteiger partial charge in [0, 0.05) is 0 Å². The molecule has 96 valence electrons. The number of hydrogen-bond acceptors (Lipinski definition) is 0. The highest BCUT2D eigenvalue weighted by Gasteiger charge is 2.35. The van der Waals surface area contributed by atoms with E-state index in [1.807, 2.05) is 0 Å². The maximum absolute atomic E-state index is 6.86. The third-order valence-corrected chi connectivity index (χ3v) is 11.1. The molecular formula is C12H26Cl2Si2. The molecule has 0 aromatic rings. The van der Waals surface area contributed by atoms with Gasteiger partial charge in [-0.25, -0.2) is 0 Å². The van der Waals surface area contributed by atoms with Crippen LogP contribution in [0.25, 0.3) is 0 Å². The molecule has 1 aliphatic rings. The van der Waals surface area contributed by atoms with Crippen LogP contribution in [0.1, 0.15) is 38.5 Å². The van der Waals surface area contributed by atoms with E-state index in [1.54, 1.807) is 0 Å². The van der Waals surface area contributed by atoms with Crippen molar-refractivity contribution in [3.05, 3.63) is 0 Å². The van der Waals surface area contributed by atoms with E-state index in [-0.39, 0.29) is 0 Å². The molecule has 0 nitrogen and oxygen atoms in total. The average Bonchev–Trinajstić information content (AvgIpc) is 2.17. The summed E-state index contributed by atoms with van der Waals surface area (Å²) in [5.74, 6) is 0. The van der Waals surface area contributed by atoms with Crippen molar-refractivity contribution in [2.24, 2.45) is 0 Å². The zero-order valence-electron chi connectivity index (χ0n) is 11.0. The monoisotopic (exact) mass is 296 g/mol. The molecule has 1 fully saturated rings. The Morgan fingerprint density at radius 3 is 2.00 bits per heavy atom. The number of hydrogen-bond donors (Lipinski definition) is 0. The second-order valence-electron chi connectivity index (χ2n) is 6.19. The first-order valence-corrected chi connectivity index (χ1v) is 14.7. The molecule has 1 rings (SSSR count). The number of halogens is 2. The first kappa shape index (κ1) is 15.1. The third kappa shape index (κ3) is 5.57. The zero-order chi connectivity index (χ0) is 12.2. The molecule has 0 radical (unpaired) electrons. The Morgan fingerprint density at radius 2 is 1.50 bits per heavy atom. The van der Waals surface area contributed by atoms with E-state index in [9.17, 15) is 0 Å². The first-order chi connectivity index (χ1) is 7.31. The van der Waals surface area contributed by atoms with Gasteiger partial charge in [-0.1, -0.05) is 58.2 Å². The number of rotatable bonds is 5. The molecule has 0 heterocycles. The summed E-state index contributed by atoms with van der Waals surface area (Å²) in [6.45, 7) is 6.86. The smallest absolute Gasteiger partial charge is 0.156 e. The van der Waals surface area contributed by atoms with Crippen LogP contribution in [-0.2, 0) is 0 Å². The van der Waals surface area contributed by atoms with Crippen molar-refractivity contribution in [2.75, 3.05) is 0 Å². The van der Waals surface area contributed by atoms with Gasteiger partial charge in [-0.3, -0.25) is 0 Å². The van der Waals surface area contributed by atoms with E-state index in [2.05, 4.69) is 19.6 Å². The van der Waals surface area contributed by atoms with Crippen LogP contribution in [0.2, 0.25) is 37.3 Å². The fourth-order valence-electron chi connectivity index (χ4n) is 2.76. The Hall–Kier alpha value is 1.01. The molecule has 1 atom stereocenters. The van der Waals surface area contributed by atoms with Gasteiger partial charge in [-0.15, -0.1) is 0 Å². The quantitative estimate of drug-likeness (QED) is 0.433. The van der Waals surface area contributed by atoms with E-state index in [0.29, 0.717) is 0 Å². The molecule has 0 aliphatic heterocycles. The molecule has 0 spiro atoms. The zero-order valence-corrected chi connectivity index (χ0v) is 14.5. The van der Waals surface area contributed by atoms with Crippen LogP contribution in [0.3, 0.4) is 0 Å². The minimum Gasteiger partial charge on any atom is -0.168 e. The molecule has 0 aromatic carbocycles. The van der Waals surface area contributed by atoms with Crippen LogP contribution >= 0.6 is 22.2 Å². The molecule has 1 unspecified atom stereocenters. The van der Waals surface area contributed by atoms with Crippen molar-refractivity contribution in [3.63, 3.8) is 0 Å². The average molecular weight is 297 g/mol. The van der Waals surface area contributed by atoms with Crippen molar-refractivity contribution in [1.29, 1.82) is 0 Å². The summed E-state index contributed by atoms with van der Waals surface area (Å²) in [4.78, 5) is 0. The highest BCUT2D eigenvalue weighted by Crippen LogP contribution is 2.42. The van der Waals surface area contributed by atoms with Gasteiger partial charge in [0.05, 0.1) is 0 Å². The molecule has 0 saturated heterocycles. The van der Waals surface area contributed by atoms with Crippen LogP contribution in [0.4, 0.5) is 0 Å². The van der Waals surface area contributed by atoms with Crippen LogP contribution in [-0.4, -0.2) is 14.8 Å². The fraction of sp³-hybridized carbons (Fsp3) is 1.00. The molecule has 16 heavy (non-hydrogen) atoms. The summed E-state index contributed by atoms with van der Waals surface area (Å²) in [6, 6.07) is 2.51. The Balaban J connectivity index is 2.32. The minimum atomic E-state index is -1.47. The van der Waals surface area contributed by atoms with Gasteiger partial charge in [0.25, 0.3) is 0 Å². The Morgan fingerprint density at radius 1 is 0.938 bits per heavy atom. The summed E-state index contributed by atoms with van der Waals surface area (Å²) in [5, 5.41) is 0. The summed E-state index contributed by atoms with van der Waals surface area (Å²) in [7, 11) is -2.84. The molecule has 1 saturated carbocycles. The first-order valence-electron chi connectivity index (χ1n) is 6.69. The predicted octanol–water partition coefficient (Wildman–Crippen LogP) is 5.97. The maximum Gasteiger partial charge on any atom is 0.156 e. The summed E-state index contributed by atoms with van der Waals surface area (Å²) in [5.41, 5.74) is 0.878. The molecule has 0 bridgehead atoms. The van der Waals surface area contributed by atoms with Crippen LogP contribution < -0.4 is 0 Å². The topological polar surface area (TPSA) is 0 Å². The van der Waals surface area contributed by atoms with Crippen molar-refractivity contribution >= 4 is 36.9 Å². The van der Waals surface area contributed by atoms with Gasteiger partial charge in [0.1, 0.15) is 7.38 Å². The largest absolute Gasteiger partial charge is 0.168 e. The summed E-state index contributed by atoms with van der Waals surface area (Å²) in [6.07, 6.45) is 8.32. The molecule has 0 N–H and O–H groups in total. The second kappa shape index (κ2) is 6.26. The minimum absolute atomic E-state index is 0.878. The Labute approximate surface area is 113 Å². The maximum atomic E-state index is 6.86. The lowest BCUT2D eigenvalue weighted by atomic mass is 10.0. The van der Waals surface area contributed by atoms with Crippen molar-refractivity contribution in [3.8, 4) is 0 Å². The normalized spacial score (nSPS) is 23.1. The Kier molecular flexibility index (Phi) is 5.90. The highest BCUT2D eigenvalue weighted by molar-refractivity contribution is 7.21. The SMILES string of the molecule is C[Si](C)(Cl)CCC[Si](C)(Cl)C1CCCCC1. The van der Waals surface area contributed by atoms with Crippen LogP contribution in [0, 0.1) is 0 Å². The standard InChI is InChI=1S/C12H26Cl2Si2/c1-15(2,13)10-7-11-16(3,14)12-8-5-4-6-9-12/h12H,4-11H2,1-3H3. The third-order valence-electron chi connectivity index (χ3n) is 3.89. The van der Waals surface area contributed by atoms with Gasteiger partial charge in [-0.05, 0) is 17.6 Å². The fourth-order valence-corrected chi connectivity index (χ4v) is 8.48. The highest BCUT2D eigenvalue weighted by atomic mass is 35.6. The van der Waals surface area contributed by atoms with Gasteiger partial charge >= 0.3 is 0 Å². The van der Waals surface area contributed by atoms with Crippen molar-refractivity contribution in [2.45, 2.75) is 75.8 Å². The van der Waals surface area contributed by atoms with E-state index >= 15 is 0 Å². The van der Waals surface area contributed by atoms with E-state index in [1.165, 1.54) is 50.6 Å². The van der Waals surface area contributed by atoms with E-state index < -0.39 is 14.8 Å². The van der Waals surface area contributed by atoms with Crippen molar-refractivity contribution < 1.29 is 0 Å². The lowest BCUT2D eigenvalue weighted by Crippen LogP contribution is -2.31. The van der Waals surface area contributed by atoms with E-state index in [4.69, 9.17) is 22.2 Å². The molecule has 0 amide bonds. The lowest BCUT2D eigenvalue weighted by Gasteiger charge is -2.33. The van der Waals surface area contributed by atoms with Crippen LogP contribution in [0.5, 0.6) is 0 Å². The van der Waals surface area contributed by atoms with Crippen LogP contribution in [0.15, 0.2) is 0 Å². The second-order valence-corrected chi connectivity index (χ2v) is 19.7. The molecule has 4 heteroatoms. The Bertz CT molecular complexity index is 206. The van der Waals surface area contributed by atoms with Gasteiger partial charge in [0.2, 0.25) is 0 Å². The van der Waals surface area contributed by atoms with Gasteiger partial charge in [0.15, 0.2) is 7.38 Å². The van der Waals surface area contributed by atoms with Gasteiger partial charge < -0.3 is 0 Å². The van der Waals surface area contributed by atoms with E-state index in [0.717, 1.165) is 5.54 Å². The summed E-state index contributed by atoms with van der Waals surface area (Å²) >= 11 is 13.2. The molecule has 0 aromatic heterocycles. The molecular weight excluding hydrogens is 271 g/mol. The molecule has 1 aliphatic carbocycles. The lowest BCUT2D eigenvalue weighted by molar-refractivity contribution is 0.493. The predicted molar refractivity (Wildman–Crippen MR) is 81.9 cm³/mol.